The van der Waals surface area contributed by atoms with Gasteiger partial charge >= 0.3 is 0 Å². The number of anilines is 1. The molecule has 0 aliphatic carbocycles. The minimum atomic E-state index is -0.273. The second kappa shape index (κ2) is 12.2. The highest BCUT2D eigenvalue weighted by atomic mass is 35.5. The van der Waals surface area contributed by atoms with E-state index in [0.29, 0.717) is 34.9 Å². The molecule has 0 saturated carbocycles. The molecule has 0 radical (unpaired) electrons. The first-order chi connectivity index (χ1) is 17.5. The van der Waals surface area contributed by atoms with Gasteiger partial charge in [0, 0.05) is 22.0 Å². The van der Waals surface area contributed by atoms with E-state index < -0.39 is 0 Å². The fourth-order valence-corrected chi connectivity index (χ4v) is 4.17. The van der Waals surface area contributed by atoms with E-state index in [2.05, 4.69) is 10.3 Å². The molecular weight excluding hydrogens is 496 g/mol. The molecule has 1 N–H and O–H groups in total. The van der Waals surface area contributed by atoms with Crippen LogP contribution in [0.3, 0.4) is 0 Å². The molecule has 0 aliphatic rings. The van der Waals surface area contributed by atoms with Crippen LogP contribution in [0.4, 0.5) is 5.13 Å². The average molecular weight is 521 g/mol. The lowest BCUT2D eigenvalue weighted by atomic mass is 10.2. The number of aromatic nitrogens is 1. The molecule has 0 saturated heterocycles. The molecular formula is C28H25ClN2O4S. The van der Waals surface area contributed by atoms with Gasteiger partial charge in [0.1, 0.15) is 12.4 Å². The molecule has 36 heavy (non-hydrogen) atoms. The molecule has 1 heterocycles. The van der Waals surface area contributed by atoms with Crippen LogP contribution in [0.25, 0.3) is 17.3 Å². The number of nitrogens with zero attached hydrogens (tertiary/aromatic N) is 1. The lowest BCUT2D eigenvalue weighted by Crippen LogP contribution is -2.07. The van der Waals surface area contributed by atoms with Crippen molar-refractivity contribution in [3.05, 3.63) is 94.3 Å². The quantitative estimate of drug-likeness (QED) is 0.226. The summed E-state index contributed by atoms with van der Waals surface area (Å²) in [5, 5.41) is 5.92. The monoisotopic (exact) mass is 520 g/mol. The molecule has 0 fully saturated rings. The number of halogens is 1. The van der Waals surface area contributed by atoms with Crippen molar-refractivity contribution in [2.24, 2.45) is 0 Å². The predicted molar refractivity (Wildman–Crippen MR) is 145 cm³/mol. The highest BCUT2D eigenvalue weighted by Gasteiger charge is 2.08. The molecule has 1 aromatic heterocycles. The Kier molecular flexibility index (Phi) is 8.60. The van der Waals surface area contributed by atoms with Gasteiger partial charge in [0.15, 0.2) is 16.6 Å². The van der Waals surface area contributed by atoms with E-state index in [4.69, 9.17) is 25.8 Å². The molecule has 1 amide bonds. The van der Waals surface area contributed by atoms with E-state index in [1.807, 2.05) is 79.0 Å². The summed E-state index contributed by atoms with van der Waals surface area (Å²) in [6.07, 6.45) is 3.17. The molecule has 0 atom stereocenters. The zero-order valence-corrected chi connectivity index (χ0v) is 21.4. The molecule has 184 valence electrons. The molecule has 8 heteroatoms. The second-order valence-corrected chi connectivity index (χ2v) is 8.94. The maximum absolute atomic E-state index is 12.4. The van der Waals surface area contributed by atoms with Crippen LogP contribution in [0, 0.1) is 0 Å². The first-order valence-corrected chi connectivity index (χ1v) is 12.5. The summed E-state index contributed by atoms with van der Waals surface area (Å²) in [6.45, 7) is 2.95. The Morgan fingerprint density at radius 1 is 1.03 bits per heavy atom. The van der Waals surface area contributed by atoms with Crippen molar-refractivity contribution < 1.29 is 19.0 Å². The van der Waals surface area contributed by atoms with Crippen molar-refractivity contribution in [3.63, 3.8) is 0 Å². The van der Waals surface area contributed by atoms with Gasteiger partial charge in [-0.2, -0.15) is 0 Å². The van der Waals surface area contributed by atoms with Crippen LogP contribution in [0.15, 0.2) is 78.2 Å². The van der Waals surface area contributed by atoms with E-state index in [0.717, 1.165) is 28.1 Å². The van der Waals surface area contributed by atoms with Crippen molar-refractivity contribution in [1.82, 2.24) is 4.98 Å². The number of hydrogen-bond acceptors (Lipinski definition) is 6. The first-order valence-electron chi connectivity index (χ1n) is 11.3. The molecule has 4 rings (SSSR count). The number of rotatable bonds is 10. The van der Waals surface area contributed by atoms with Crippen LogP contribution in [0.2, 0.25) is 5.02 Å². The molecule has 4 aromatic rings. The fourth-order valence-electron chi connectivity index (χ4n) is 3.32. The standard InChI is InChI=1S/C28H25ClN2O4S/c1-3-34-23-12-8-21(9-13-23)24-18-36-28(30-24)31-27(32)15-7-19-6-14-25(26(16-19)33-2)35-17-20-4-10-22(29)11-5-20/h4-16,18H,3,17H2,1-2H3,(H,30,31,32)/b15-7+. The fraction of sp³-hybridized carbons (Fsp3) is 0.143. The Bertz CT molecular complexity index is 1330. The summed E-state index contributed by atoms with van der Waals surface area (Å²) < 4.78 is 16.8. The molecule has 6 nitrogen and oxygen atoms in total. The van der Waals surface area contributed by atoms with Gasteiger partial charge in [0.2, 0.25) is 5.91 Å². The Morgan fingerprint density at radius 2 is 1.81 bits per heavy atom. The van der Waals surface area contributed by atoms with Crippen molar-refractivity contribution in [3.8, 4) is 28.5 Å². The molecule has 0 spiro atoms. The number of carbonyl (C=O) groups excluding carboxylic acids is 1. The van der Waals surface area contributed by atoms with Gasteiger partial charge in [0.25, 0.3) is 0 Å². The Hall–Kier alpha value is -3.81. The number of methoxy groups -OCH3 is 1. The number of benzene rings is 3. The minimum absolute atomic E-state index is 0.273. The van der Waals surface area contributed by atoms with E-state index in [9.17, 15) is 4.79 Å². The Morgan fingerprint density at radius 3 is 2.53 bits per heavy atom. The van der Waals surface area contributed by atoms with Crippen LogP contribution in [0.5, 0.6) is 17.2 Å². The molecule has 0 bridgehead atoms. The number of amides is 1. The van der Waals surface area contributed by atoms with Gasteiger partial charge < -0.3 is 14.2 Å². The van der Waals surface area contributed by atoms with E-state index in [1.54, 1.807) is 13.2 Å². The summed E-state index contributed by atoms with van der Waals surface area (Å²) in [5.41, 5.74) is 3.54. The third kappa shape index (κ3) is 6.87. The maximum atomic E-state index is 12.4. The second-order valence-electron chi connectivity index (χ2n) is 7.64. The van der Waals surface area contributed by atoms with Crippen molar-refractivity contribution >= 4 is 40.1 Å². The van der Waals surface area contributed by atoms with Gasteiger partial charge in [-0.3, -0.25) is 10.1 Å². The topological polar surface area (TPSA) is 69.7 Å². The number of nitrogens with one attached hydrogen (secondary N) is 1. The Balaban J connectivity index is 1.35. The highest BCUT2D eigenvalue weighted by Crippen LogP contribution is 2.30. The smallest absolute Gasteiger partial charge is 0.250 e. The van der Waals surface area contributed by atoms with Crippen LogP contribution in [-0.2, 0) is 11.4 Å². The molecule has 3 aromatic carbocycles. The van der Waals surface area contributed by atoms with Crippen LogP contribution < -0.4 is 19.5 Å². The third-order valence-corrected chi connectivity index (χ3v) is 6.13. The summed E-state index contributed by atoms with van der Waals surface area (Å²) >= 11 is 7.30. The minimum Gasteiger partial charge on any atom is -0.494 e. The number of thiazole rings is 1. The van der Waals surface area contributed by atoms with Crippen LogP contribution >= 0.6 is 22.9 Å². The normalized spacial score (nSPS) is 10.9. The zero-order valence-electron chi connectivity index (χ0n) is 19.9. The van der Waals surface area contributed by atoms with Gasteiger partial charge in [-0.25, -0.2) is 4.98 Å². The molecule has 0 unspecified atom stereocenters. The van der Waals surface area contributed by atoms with Crippen LogP contribution in [0.1, 0.15) is 18.1 Å². The Labute approximate surface area is 219 Å². The van der Waals surface area contributed by atoms with E-state index in [-0.39, 0.29) is 5.91 Å². The zero-order chi connectivity index (χ0) is 25.3. The average Bonchev–Trinajstić information content (AvgIpc) is 3.36. The summed E-state index contributed by atoms with van der Waals surface area (Å²) in [7, 11) is 1.58. The van der Waals surface area contributed by atoms with E-state index in [1.165, 1.54) is 17.4 Å². The largest absolute Gasteiger partial charge is 0.494 e. The maximum Gasteiger partial charge on any atom is 0.250 e. The van der Waals surface area contributed by atoms with Gasteiger partial charge in [-0.05, 0) is 72.7 Å². The van der Waals surface area contributed by atoms with Crippen molar-refractivity contribution in [2.75, 3.05) is 19.0 Å². The van der Waals surface area contributed by atoms with Crippen molar-refractivity contribution in [1.29, 1.82) is 0 Å². The number of carbonyl (C=O) groups is 1. The highest BCUT2D eigenvalue weighted by molar-refractivity contribution is 7.14. The molecule has 0 aliphatic heterocycles. The SMILES string of the molecule is CCOc1ccc(-c2csc(NC(=O)/C=C/c3ccc(OCc4ccc(Cl)cc4)c(OC)c3)n2)cc1. The van der Waals surface area contributed by atoms with Crippen molar-refractivity contribution in [2.45, 2.75) is 13.5 Å². The summed E-state index contributed by atoms with van der Waals surface area (Å²) in [4.78, 5) is 16.9. The lowest BCUT2D eigenvalue weighted by Gasteiger charge is -2.11. The van der Waals surface area contributed by atoms with Crippen LogP contribution in [-0.4, -0.2) is 24.6 Å². The lowest BCUT2D eigenvalue weighted by molar-refractivity contribution is -0.111. The van der Waals surface area contributed by atoms with E-state index >= 15 is 0 Å². The number of ether oxygens (including phenoxy) is 3. The summed E-state index contributed by atoms with van der Waals surface area (Å²) in [5.74, 6) is 1.72. The van der Waals surface area contributed by atoms with Gasteiger partial charge in [0.05, 0.1) is 19.4 Å². The summed E-state index contributed by atoms with van der Waals surface area (Å²) in [6, 6.07) is 20.7. The predicted octanol–water partition coefficient (Wildman–Crippen LogP) is 7.10. The first kappa shape index (κ1) is 25.3. The van der Waals surface area contributed by atoms with Gasteiger partial charge in [-0.1, -0.05) is 29.8 Å². The third-order valence-electron chi connectivity index (χ3n) is 5.12. The van der Waals surface area contributed by atoms with Gasteiger partial charge in [-0.15, -0.1) is 11.3 Å². The number of hydrogen-bond donors (Lipinski definition) is 1.